The summed E-state index contributed by atoms with van der Waals surface area (Å²) in [6.45, 7) is 6.11. The largest absolute Gasteiger partial charge is 0.490 e. The molecule has 1 rings (SSSR count). The second kappa shape index (κ2) is 12.5. The van der Waals surface area contributed by atoms with Gasteiger partial charge in [-0.2, -0.15) is 0 Å². The fraction of sp³-hybridized carbons (Fsp3) is 0.722. The first-order valence-electron chi connectivity index (χ1n) is 8.70. The number of nitrogens with zero attached hydrogens (tertiary/aromatic N) is 1. The minimum absolute atomic E-state index is 0.748. The van der Waals surface area contributed by atoms with E-state index in [2.05, 4.69) is 24.1 Å². The van der Waals surface area contributed by atoms with Gasteiger partial charge in [0.2, 0.25) is 0 Å². The monoisotopic (exact) mass is 292 g/mol. The van der Waals surface area contributed by atoms with Crippen molar-refractivity contribution in [1.29, 1.82) is 0 Å². The number of nitrogens with one attached hydrogen (secondary N) is 1. The average Bonchev–Trinajstić information content (AvgIpc) is 2.52. The van der Waals surface area contributed by atoms with Crippen LogP contribution in [0.1, 0.15) is 71.6 Å². The van der Waals surface area contributed by atoms with Gasteiger partial charge in [0.05, 0.1) is 6.61 Å². The third-order valence-corrected chi connectivity index (χ3v) is 3.56. The van der Waals surface area contributed by atoms with E-state index in [0.29, 0.717) is 0 Å². The Balaban J connectivity index is 2.09. The quantitative estimate of drug-likeness (QED) is 0.493. The molecule has 0 amide bonds. The van der Waals surface area contributed by atoms with E-state index in [1.165, 1.54) is 51.4 Å². The Morgan fingerprint density at radius 3 is 2.38 bits per heavy atom. The number of ether oxygens (including phenoxy) is 1. The number of rotatable bonds is 13. The number of hydrogen-bond acceptors (Lipinski definition) is 3. The Bertz CT molecular complexity index is 355. The van der Waals surface area contributed by atoms with Crippen molar-refractivity contribution >= 4 is 5.82 Å². The van der Waals surface area contributed by atoms with E-state index in [4.69, 9.17) is 4.74 Å². The van der Waals surface area contributed by atoms with Crippen molar-refractivity contribution in [3.05, 3.63) is 18.3 Å². The molecule has 0 aliphatic rings. The van der Waals surface area contributed by atoms with E-state index in [1.54, 1.807) is 0 Å². The van der Waals surface area contributed by atoms with Crippen molar-refractivity contribution in [2.24, 2.45) is 0 Å². The van der Waals surface area contributed by atoms with E-state index in [1.807, 2.05) is 18.3 Å². The van der Waals surface area contributed by atoms with E-state index in [-0.39, 0.29) is 0 Å². The molecule has 0 aliphatic heterocycles. The van der Waals surface area contributed by atoms with Crippen molar-refractivity contribution in [3.63, 3.8) is 0 Å². The van der Waals surface area contributed by atoms with E-state index >= 15 is 0 Å². The molecule has 0 bridgehead atoms. The predicted molar refractivity (Wildman–Crippen MR) is 91.1 cm³/mol. The molecule has 3 heteroatoms. The standard InChI is InChI=1S/C18H32N2O/c1-3-5-6-7-8-9-10-11-14-19-18-17(21-16-4-2)13-12-15-20-18/h12-13,15H,3-11,14,16H2,1-2H3,(H,19,20). The number of aromatic nitrogens is 1. The van der Waals surface area contributed by atoms with Crippen molar-refractivity contribution in [2.75, 3.05) is 18.5 Å². The topological polar surface area (TPSA) is 34.2 Å². The fourth-order valence-corrected chi connectivity index (χ4v) is 2.32. The van der Waals surface area contributed by atoms with Gasteiger partial charge in [-0.25, -0.2) is 4.98 Å². The van der Waals surface area contributed by atoms with Crippen molar-refractivity contribution in [3.8, 4) is 5.75 Å². The van der Waals surface area contributed by atoms with Gasteiger partial charge in [-0.3, -0.25) is 0 Å². The lowest BCUT2D eigenvalue weighted by atomic mass is 10.1. The summed E-state index contributed by atoms with van der Waals surface area (Å²) in [6.07, 6.45) is 13.6. The fourth-order valence-electron chi connectivity index (χ4n) is 2.32. The van der Waals surface area contributed by atoms with Crippen molar-refractivity contribution in [2.45, 2.75) is 71.6 Å². The molecule has 1 N–H and O–H groups in total. The van der Waals surface area contributed by atoms with E-state index in [9.17, 15) is 0 Å². The normalized spacial score (nSPS) is 10.6. The molecule has 0 aliphatic carbocycles. The van der Waals surface area contributed by atoms with Gasteiger partial charge in [0.25, 0.3) is 0 Å². The van der Waals surface area contributed by atoms with Crippen LogP contribution in [0.25, 0.3) is 0 Å². The third-order valence-electron chi connectivity index (χ3n) is 3.56. The lowest BCUT2D eigenvalue weighted by Gasteiger charge is -2.11. The van der Waals surface area contributed by atoms with Gasteiger partial charge < -0.3 is 10.1 Å². The summed E-state index contributed by atoms with van der Waals surface area (Å²) >= 11 is 0. The lowest BCUT2D eigenvalue weighted by Crippen LogP contribution is -2.06. The second-order valence-electron chi connectivity index (χ2n) is 5.60. The van der Waals surface area contributed by atoms with Gasteiger partial charge in [0, 0.05) is 12.7 Å². The van der Waals surface area contributed by atoms with Gasteiger partial charge in [-0.15, -0.1) is 0 Å². The highest BCUT2D eigenvalue weighted by Gasteiger charge is 2.02. The van der Waals surface area contributed by atoms with Crippen molar-refractivity contribution < 1.29 is 4.74 Å². The van der Waals surface area contributed by atoms with Gasteiger partial charge in [0.1, 0.15) is 0 Å². The molecule has 3 nitrogen and oxygen atoms in total. The van der Waals surface area contributed by atoms with E-state index < -0.39 is 0 Å². The Morgan fingerprint density at radius 2 is 1.67 bits per heavy atom. The molecular weight excluding hydrogens is 260 g/mol. The molecule has 0 saturated carbocycles. The molecule has 0 aromatic carbocycles. The first kappa shape index (κ1) is 17.8. The maximum atomic E-state index is 5.69. The molecule has 1 aromatic rings. The third kappa shape index (κ3) is 8.59. The van der Waals surface area contributed by atoms with Crippen LogP contribution in [0.3, 0.4) is 0 Å². The minimum atomic E-state index is 0.748. The molecule has 0 fully saturated rings. The minimum Gasteiger partial charge on any atom is -0.490 e. The zero-order chi connectivity index (χ0) is 15.2. The molecule has 1 heterocycles. The Labute approximate surface area is 130 Å². The molecule has 0 spiro atoms. The summed E-state index contributed by atoms with van der Waals surface area (Å²) in [4.78, 5) is 4.36. The summed E-state index contributed by atoms with van der Waals surface area (Å²) in [5.74, 6) is 1.76. The van der Waals surface area contributed by atoms with Crippen LogP contribution < -0.4 is 10.1 Å². The number of unbranched alkanes of at least 4 members (excludes halogenated alkanes) is 7. The summed E-state index contributed by atoms with van der Waals surface area (Å²) in [5, 5.41) is 3.40. The molecule has 21 heavy (non-hydrogen) atoms. The van der Waals surface area contributed by atoms with Crippen LogP contribution in [0.15, 0.2) is 18.3 Å². The smallest absolute Gasteiger partial charge is 0.168 e. The highest BCUT2D eigenvalue weighted by molar-refractivity contribution is 5.49. The SMILES string of the molecule is CCCCCCCCCCNc1ncccc1OCCC. The summed E-state index contributed by atoms with van der Waals surface area (Å²) in [5.41, 5.74) is 0. The van der Waals surface area contributed by atoms with Gasteiger partial charge >= 0.3 is 0 Å². The van der Waals surface area contributed by atoms with Crippen LogP contribution in [-0.4, -0.2) is 18.1 Å². The van der Waals surface area contributed by atoms with Crippen LogP contribution >= 0.6 is 0 Å². The van der Waals surface area contributed by atoms with Crippen LogP contribution in [0.2, 0.25) is 0 Å². The van der Waals surface area contributed by atoms with Gasteiger partial charge in [-0.05, 0) is 25.0 Å². The first-order chi connectivity index (χ1) is 10.4. The molecule has 0 radical (unpaired) electrons. The number of pyridine rings is 1. The zero-order valence-electron chi connectivity index (χ0n) is 13.9. The van der Waals surface area contributed by atoms with Crippen LogP contribution in [0, 0.1) is 0 Å². The first-order valence-corrected chi connectivity index (χ1v) is 8.70. The maximum absolute atomic E-state index is 5.69. The number of anilines is 1. The molecule has 0 unspecified atom stereocenters. The zero-order valence-corrected chi connectivity index (χ0v) is 13.9. The predicted octanol–water partition coefficient (Wildman–Crippen LogP) is 5.42. The lowest BCUT2D eigenvalue weighted by molar-refractivity contribution is 0.318. The van der Waals surface area contributed by atoms with Gasteiger partial charge in [0.15, 0.2) is 11.6 Å². The molecule has 120 valence electrons. The van der Waals surface area contributed by atoms with Crippen LogP contribution in [-0.2, 0) is 0 Å². The number of hydrogen-bond donors (Lipinski definition) is 1. The van der Waals surface area contributed by atoms with Crippen LogP contribution in [0.4, 0.5) is 5.82 Å². The highest BCUT2D eigenvalue weighted by atomic mass is 16.5. The summed E-state index contributed by atoms with van der Waals surface area (Å²) < 4.78 is 5.69. The Morgan fingerprint density at radius 1 is 0.952 bits per heavy atom. The molecule has 0 atom stereocenters. The van der Waals surface area contributed by atoms with Crippen molar-refractivity contribution in [1.82, 2.24) is 4.98 Å². The average molecular weight is 292 g/mol. The summed E-state index contributed by atoms with van der Waals surface area (Å²) in [7, 11) is 0. The highest BCUT2D eigenvalue weighted by Crippen LogP contribution is 2.21. The molecule has 0 saturated heterocycles. The van der Waals surface area contributed by atoms with E-state index in [0.717, 1.165) is 31.1 Å². The maximum Gasteiger partial charge on any atom is 0.168 e. The Hall–Kier alpha value is -1.25. The Kier molecular flexibility index (Phi) is 10.6. The van der Waals surface area contributed by atoms with Gasteiger partial charge in [-0.1, -0.05) is 58.8 Å². The molecular formula is C18H32N2O. The van der Waals surface area contributed by atoms with Crippen LogP contribution in [0.5, 0.6) is 5.75 Å². The molecule has 1 aromatic heterocycles. The summed E-state index contributed by atoms with van der Waals surface area (Å²) in [6, 6.07) is 3.91. The second-order valence-corrected chi connectivity index (χ2v) is 5.60.